The summed E-state index contributed by atoms with van der Waals surface area (Å²) in [5, 5.41) is 9.82. The lowest BCUT2D eigenvalue weighted by atomic mass is 10.7. The highest BCUT2D eigenvalue weighted by Crippen LogP contribution is 2.07. The van der Waals surface area contributed by atoms with Crippen LogP contribution in [0.5, 0.6) is 0 Å². The molecular formula is C4H5F2N3S. The predicted molar refractivity (Wildman–Crippen MR) is 34.4 cm³/mol. The van der Waals surface area contributed by atoms with Crippen LogP contribution in [0, 0.1) is 0 Å². The number of nitrogens with one attached hydrogen (secondary N) is 1. The Kier molecular flexibility index (Phi) is 2.49. The van der Waals surface area contributed by atoms with E-state index < -0.39 is 6.43 Å². The van der Waals surface area contributed by atoms with Crippen LogP contribution in [0.2, 0.25) is 0 Å². The normalized spacial score (nSPS) is 10.3. The van der Waals surface area contributed by atoms with Crippen LogP contribution >= 0.6 is 11.3 Å². The molecule has 0 aliphatic heterocycles. The van der Waals surface area contributed by atoms with Gasteiger partial charge in [0.25, 0.3) is 6.43 Å². The molecule has 0 fully saturated rings. The van der Waals surface area contributed by atoms with Crippen molar-refractivity contribution >= 4 is 16.5 Å². The summed E-state index contributed by atoms with van der Waals surface area (Å²) in [4.78, 5) is 0. The van der Waals surface area contributed by atoms with Crippen molar-refractivity contribution in [1.82, 2.24) is 10.2 Å². The van der Waals surface area contributed by atoms with E-state index in [9.17, 15) is 8.78 Å². The van der Waals surface area contributed by atoms with Crippen LogP contribution < -0.4 is 5.32 Å². The Hall–Kier alpha value is -0.780. The predicted octanol–water partition coefficient (Wildman–Crippen LogP) is 1.22. The van der Waals surface area contributed by atoms with Gasteiger partial charge in [-0.05, 0) is 0 Å². The van der Waals surface area contributed by atoms with Gasteiger partial charge in [0.15, 0.2) is 0 Å². The highest BCUT2D eigenvalue weighted by molar-refractivity contribution is 7.13. The fraction of sp³-hybridized carbons (Fsp3) is 0.500. The molecule has 1 aromatic rings. The van der Waals surface area contributed by atoms with Gasteiger partial charge in [0, 0.05) is 0 Å². The number of hydrogen-bond acceptors (Lipinski definition) is 4. The second-order valence-electron chi connectivity index (χ2n) is 1.52. The van der Waals surface area contributed by atoms with E-state index in [2.05, 4.69) is 15.5 Å². The van der Waals surface area contributed by atoms with Gasteiger partial charge in [-0.2, -0.15) is 0 Å². The molecular weight excluding hydrogens is 160 g/mol. The average Bonchev–Trinajstić information content (AvgIpc) is 2.34. The third kappa shape index (κ3) is 2.22. The summed E-state index contributed by atoms with van der Waals surface area (Å²) >= 11 is 1.20. The summed E-state index contributed by atoms with van der Waals surface area (Å²) in [5.41, 5.74) is 1.48. The quantitative estimate of drug-likeness (QED) is 0.731. The lowest BCUT2D eigenvalue weighted by Crippen LogP contribution is -2.09. The average molecular weight is 165 g/mol. The molecule has 6 heteroatoms. The first-order valence-electron chi connectivity index (χ1n) is 2.57. The Morgan fingerprint density at radius 2 is 2.50 bits per heavy atom. The Morgan fingerprint density at radius 1 is 1.70 bits per heavy atom. The fourth-order valence-electron chi connectivity index (χ4n) is 0.415. The lowest BCUT2D eigenvalue weighted by Gasteiger charge is -1.97. The van der Waals surface area contributed by atoms with Crippen LogP contribution in [0.15, 0.2) is 5.51 Å². The maximum atomic E-state index is 11.5. The molecule has 0 spiro atoms. The Morgan fingerprint density at radius 3 is 3.00 bits per heavy atom. The van der Waals surface area contributed by atoms with Crippen molar-refractivity contribution in [3.05, 3.63) is 5.51 Å². The molecule has 0 amide bonds. The molecule has 0 saturated heterocycles. The first-order valence-corrected chi connectivity index (χ1v) is 3.45. The molecule has 0 radical (unpaired) electrons. The van der Waals surface area contributed by atoms with E-state index in [1.165, 1.54) is 16.8 Å². The first-order chi connectivity index (χ1) is 4.79. The molecule has 1 heterocycles. The molecule has 3 nitrogen and oxygen atoms in total. The summed E-state index contributed by atoms with van der Waals surface area (Å²) in [6.45, 7) is -0.366. The molecule has 56 valence electrons. The second kappa shape index (κ2) is 3.40. The molecule has 0 aliphatic rings. The van der Waals surface area contributed by atoms with Gasteiger partial charge in [0.1, 0.15) is 5.51 Å². The molecule has 0 aliphatic carbocycles. The van der Waals surface area contributed by atoms with E-state index in [1.54, 1.807) is 0 Å². The van der Waals surface area contributed by atoms with Crippen LogP contribution in [-0.4, -0.2) is 23.2 Å². The van der Waals surface area contributed by atoms with Crippen molar-refractivity contribution in [2.45, 2.75) is 6.43 Å². The molecule has 1 aromatic heterocycles. The van der Waals surface area contributed by atoms with Crippen LogP contribution in [0.1, 0.15) is 0 Å². The van der Waals surface area contributed by atoms with Crippen LogP contribution in [0.25, 0.3) is 0 Å². The molecule has 0 saturated carbocycles. The molecule has 0 unspecified atom stereocenters. The lowest BCUT2D eigenvalue weighted by molar-refractivity contribution is 0.163. The van der Waals surface area contributed by atoms with Gasteiger partial charge >= 0.3 is 0 Å². The van der Waals surface area contributed by atoms with Crippen molar-refractivity contribution < 1.29 is 8.78 Å². The number of anilines is 1. The topological polar surface area (TPSA) is 37.8 Å². The molecule has 0 atom stereocenters. The first kappa shape index (κ1) is 7.33. The van der Waals surface area contributed by atoms with E-state index in [0.29, 0.717) is 5.13 Å². The maximum Gasteiger partial charge on any atom is 0.255 e. The summed E-state index contributed by atoms with van der Waals surface area (Å²) in [6, 6.07) is 0. The zero-order valence-electron chi connectivity index (χ0n) is 4.92. The number of hydrogen-bond donors (Lipinski definition) is 1. The smallest absolute Gasteiger partial charge is 0.255 e. The summed E-state index contributed by atoms with van der Waals surface area (Å²) in [7, 11) is 0. The minimum atomic E-state index is -2.34. The van der Waals surface area contributed by atoms with Gasteiger partial charge in [0.2, 0.25) is 5.13 Å². The van der Waals surface area contributed by atoms with Crippen molar-refractivity contribution in [3.63, 3.8) is 0 Å². The zero-order valence-corrected chi connectivity index (χ0v) is 5.74. The molecule has 1 rings (SSSR count). The van der Waals surface area contributed by atoms with Gasteiger partial charge < -0.3 is 5.32 Å². The summed E-state index contributed by atoms with van der Waals surface area (Å²) in [5.74, 6) is 0. The summed E-state index contributed by atoms with van der Waals surface area (Å²) < 4.78 is 23.0. The van der Waals surface area contributed by atoms with Crippen molar-refractivity contribution in [3.8, 4) is 0 Å². The molecule has 0 bridgehead atoms. The van der Waals surface area contributed by atoms with E-state index in [-0.39, 0.29) is 6.54 Å². The number of nitrogens with zero attached hydrogens (tertiary/aromatic N) is 2. The van der Waals surface area contributed by atoms with Gasteiger partial charge in [-0.1, -0.05) is 11.3 Å². The third-order valence-corrected chi connectivity index (χ3v) is 1.42. The van der Waals surface area contributed by atoms with E-state index in [1.807, 2.05) is 0 Å². The largest absolute Gasteiger partial charge is 0.354 e. The molecule has 1 N–H and O–H groups in total. The summed E-state index contributed by atoms with van der Waals surface area (Å²) in [6.07, 6.45) is -2.34. The van der Waals surface area contributed by atoms with Gasteiger partial charge in [-0.15, -0.1) is 10.2 Å². The van der Waals surface area contributed by atoms with Crippen LogP contribution in [0.4, 0.5) is 13.9 Å². The minimum absolute atomic E-state index is 0.366. The van der Waals surface area contributed by atoms with E-state index >= 15 is 0 Å². The number of aromatic nitrogens is 2. The highest BCUT2D eigenvalue weighted by Gasteiger charge is 2.02. The molecule has 0 aromatic carbocycles. The van der Waals surface area contributed by atoms with Gasteiger partial charge in [-0.25, -0.2) is 8.78 Å². The standard InChI is InChI=1S/C4H5F2N3S/c5-3(6)1-7-4-9-8-2-10-4/h2-3H,1H2,(H,7,9). The number of alkyl halides is 2. The fourth-order valence-corrected chi connectivity index (χ4v) is 0.870. The maximum absolute atomic E-state index is 11.5. The van der Waals surface area contributed by atoms with Gasteiger partial charge in [0.05, 0.1) is 6.54 Å². The van der Waals surface area contributed by atoms with Crippen LogP contribution in [0.3, 0.4) is 0 Å². The second-order valence-corrected chi connectivity index (χ2v) is 2.35. The monoisotopic (exact) mass is 165 g/mol. The Bertz CT molecular complexity index is 177. The van der Waals surface area contributed by atoms with E-state index in [0.717, 1.165) is 0 Å². The Balaban J connectivity index is 2.28. The number of rotatable bonds is 3. The minimum Gasteiger partial charge on any atom is -0.354 e. The van der Waals surface area contributed by atoms with Crippen molar-refractivity contribution in [1.29, 1.82) is 0 Å². The molecule has 10 heavy (non-hydrogen) atoms. The highest BCUT2D eigenvalue weighted by atomic mass is 32.1. The SMILES string of the molecule is FC(F)CNc1nncs1. The third-order valence-electron chi connectivity index (χ3n) is 0.768. The zero-order chi connectivity index (χ0) is 7.40. The van der Waals surface area contributed by atoms with Gasteiger partial charge in [-0.3, -0.25) is 0 Å². The van der Waals surface area contributed by atoms with Crippen molar-refractivity contribution in [2.24, 2.45) is 0 Å². The van der Waals surface area contributed by atoms with E-state index in [4.69, 9.17) is 0 Å². The number of halogens is 2. The van der Waals surface area contributed by atoms with Crippen molar-refractivity contribution in [2.75, 3.05) is 11.9 Å². The Labute approximate surface area is 60.1 Å². The van der Waals surface area contributed by atoms with Crippen LogP contribution in [-0.2, 0) is 0 Å².